The van der Waals surface area contributed by atoms with Gasteiger partial charge in [-0.2, -0.15) is 0 Å². The van der Waals surface area contributed by atoms with Crippen LogP contribution in [0.25, 0.3) is 0 Å². The van der Waals surface area contributed by atoms with Crippen molar-refractivity contribution in [1.29, 1.82) is 0 Å². The number of hydrogen-bond acceptors (Lipinski definition) is 3. The van der Waals surface area contributed by atoms with Gasteiger partial charge in [-0.05, 0) is 6.42 Å². The Balaban J connectivity index is 3.76. The predicted molar refractivity (Wildman–Crippen MR) is 45.5 cm³/mol. The monoisotopic (exact) mass is 181 g/mol. The van der Waals surface area contributed by atoms with Gasteiger partial charge in [0, 0.05) is 0 Å². The fourth-order valence-corrected chi connectivity index (χ4v) is 1.84. The third kappa shape index (κ3) is 4.69. The van der Waals surface area contributed by atoms with Crippen molar-refractivity contribution in [2.75, 3.05) is 5.75 Å². The van der Waals surface area contributed by atoms with E-state index in [9.17, 15) is 8.42 Å². The Kier molecular flexibility index (Phi) is 4.55. The Morgan fingerprint density at radius 2 is 2.20 bits per heavy atom. The summed E-state index contributed by atoms with van der Waals surface area (Å²) in [4.78, 5) is 0. The molecule has 0 aromatic heterocycles. The van der Waals surface area contributed by atoms with Crippen molar-refractivity contribution in [2.24, 2.45) is 0 Å². The van der Waals surface area contributed by atoms with E-state index in [2.05, 4.69) is 16.9 Å². The second-order valence-electron chi connectivity index (χ2n) is 1.91. The Labute approximate surface area is 66.9 Å². The molecular formula is C5H11NO2S2. The Hall–Kier alpha value is -0.160. The third-order valence-corrected chi connectivity index (χ3v) is 2.56. The van der Waals surface area contributed by atoms with Gasteiger partial charge in [-0.25, -0.2) is 8.42 Å². The van der Waals surface area contributed by atoms with Gasteiger partial charge in [0.1, 0.15) is 0 Å². The summed E-state index contributed by atoms with van der Waals surface area (Å²) in [6, 6.07) is 0. The lowest BCUT2D eigenvalue weighted by atomic mass is 10.4. The van der Waals surface area contributed by atoms with Gasteiger partial charge < -0.3 is 0 Å². The maximum absolute atomic E-state index is 10.8. The first-order valence-corrected chi connectivity index (χ1v) is 5.18. The lowest BCUT2D eigenvalue weighted by Gasteiger charge is -1.99. The zero-order valence-corrected chi connectivity index (χ0v) is 7.46. The quantitative estimate of drug-likeness (QED) is 0.634. The minimum atomic E-state index is -3.10. The van der Waals surface area contributed by atoms with Gasteiger partial charge in [0.05, 0.1) is 11.2 Å². The zero-order chi connectivity index (χ0) is 8.04. The maximum Gasteiger partial charge on any atom is 0.232 e. The lowest BCUT2D eigenvalue weighted by molar-refractivity contribution is 0.590. The molecule has 5 heteroatoms. The standard InChI is InChI=1S/C5H11NO2S2/c1-2-3-4-10(7,8)6-5-9/h5H,2-4H2,1H3,(H,6,9). The third-order valence-electron chi connectivity index (χ3n) is 0.994. The second-order valence-corrected chi connectivity index (χ2v) is 4.02. The summed E-state index contributed by atoms with van der Waals surface area (Å²) in [6.07, 6.45) is 1.55. The minimum absolute atomic E-state index is 0.163. The van der Waals surface area contributed by atoms with Gasteiger partial charge in [-0.15, -0.1) is 0 Å². The molecule has 0 atom stereocenters. The van der Waals surface area contributed by atoms with Crippen LogP contribution < -0.4 is 4.72 Å². The highest BCUT2D eigenvalue weighted by Crippen LogP contribution is 1.91. The van der Waals surface area contributed by atoms with Crippen molar-refractivity contribution >= 4 is 27.7 Å². The van der Waals surface area contributed by atoms with Crippen molar-refractivity contribution in [3.63, 3.8) is 0 Å². The van der Waals surface area contributed by atoms with Gasteiger partial charge in [0.15, 0.2) is 0 Å². The number of hydrogen-bond donors (Lipinski definition) is 1. The molecule has 0 fully saturated rings. The van der Waals surface area contributed by atoms with E-state index < -0.39 is 10.0 Å². The van der Waals surface area contributed by atoms with Gasteiger partial charge in [-0.3, -0.25) is 4.72 Å². The fraction of sp³-hybridized carbons (Fsp3) is 0.800. The van der Waals surface area contributed by atoms with Crippen molar-refractivity contribution in [1.82, 2.24) is 4.72 Å². The second kappa shape index (κ2) is 4.62. The molecule has 0 bridgehead atoms. The molecule has 1 N–H and O–H groups in total. The molecule has 0 radical (unpaired) electrons. The van der Waals surface area contributed by atoms with E-state index >= 15 is 0 Å². The summed E-state index contributed by atoms with van der Waals surface area (Å²) in [7, 11) is -3.10. The average molecular weight is 181 g/mol. The summed E-state index contributed by atoms with van der Waals surface area (Å²) in [5.41, 5.74) is 1.02. The largest absolute Gasteiger partial charge is 0.280 e. The molecule has 0 amide bonds. The molecular weight excluding hydrogens is 170 g/mol. The molecule has 0 aliphatic rings. The molecule has 3 nitrogen and oxygen atoms in total. The zero-order valence-electron chi connectivity index (χ0n) is 5.83. The molecule has 0 aromatic carbocycles. The van der Waals surface area contributed by atoms with Crippen LogP contribution in [-0.4, -0.2) is 19.7 Å². The van der Waals surface area contributed by atoms with Crippen LogP contribution in [0.3, 0.4) is 0 Å². The SMILES string of the molecule is CCCCS(=O)(=O)NC=S. The van der Waals surface area contributed by atoms with E-state index in [0.717, 1.165) is 11.9 Å². The molecule has 0 aliphatic heterocycles. The van der Waals surface area contributed by atoms with Crippen molar-refractivity contribution in [3.05, 3.63) is 0 Å². The van der Waals surface area contributed by atoms with Crippen LogP contribution in [0, 0.1) is 0 Å². The van der Waals surface area contributed by atoms with E-state index in [1.54, 1.807) is 0 Å². The number of rotatable bonds is 5. The molecule has 10 heavy (non-hydrogen) atoms. The highest BCUT2D eigenvalue weighted by Gasteiger charge is 2.04. The molecule has 0 rings (SSSR count). The summed E-state index contributed by atoms with van der Waals surface area (Å²) in [5, 5.41) is 0. The molecule has 0 spiro atoms. The average Bonchev–Trinajstić information content (AvgIpc) is 1.84. The van der Waals surface area contributed by atoms with Gasteiger partial charge in [-0.1, -0.05) is 25.6 Å². The highest BCUT2D eigenvalue weighted by molar-refractivity contribution is 7.91. The maximum atomic E-state index is 10.8. The summed E-state index contributed by atoms with van der Waals surface area (Å²) < 4.78 is 23.7. The first-order chi connectivity index (χ1) is 4.62. The van der Waals surface area contributed by atoms with Crippen LogP contribution in [0.5, 0.6) is 0 Å². The molecule has 0 aromatic rings. The van der Waals surface area contributed by atoms with Crippen molar-refractivity contribution < 1.29 is 8.42 Å². The number of thiocarbonyl (C=S) groups is 1. The van der Waals surface area contributed by atoms with E-state index in [4.69, 9.17) is 0 Å². The molecule has 0 aliphatic carbocycles. The number of sulfonamides is 1. The normalized spacial score (nSPS) is 10.9. The van der Waals surface area contributed by atoms with Crippen LogP contribution in [0.1, 0.15) is 19.8 Å². The first-order valence-electron chi connectivity index (χ1n) is 3.06. The van der Waals surface area contributed by atoms with E-state index in [-0.39, 0.29) is 5.75 Å². The van der Waals surface area contributed by atoms with Gasteiger partial charge in [0.2, 0.25) is 10.0 Å². The Morgan fingerprint density at radius 1 is 1.60 bits per heavy atom. The Bertz CT molecular complexity index is 186. The van der Waals surface area contributed by atoms with Crippen LogP contribution >= 0.6 is 12.2 Å². The predicted octanol–water partition coefficient (Wildman–Crippen LogP) is 0.663. The van der Waals surface area contributed by atoms with Crippen LogP contribution in [0.15, 0.2) is 0 Å². The van der Waals surface area contributed by atoms with Gasteiger partial charge >= 0.3 is 0 Å². The Morgan fingerprint density at radius 3 is 2.60 bits per heavy atom. The first kappa shape index (κ1) is 9.84. The van der Waals surface area contributed by atoms with Crippen LogP contribution in [-0.2, 0) is 10.0 Å². The molecule has 0 heterocycles. The summed E-state index contributed by atoms with van der Waals surface area (Å²) >= 11 is 4.34. The molecule has 60 valence electrons. The number of unbranched alkanes of at least 4 members (excludes halogenated alkanes) is 1. The summed E-state index contributed by atoms with van der Waals surface area (Å²) in [5.74, 6) is 0.163. The van der Waals surface area contributed by atoms with E-state index in [1.807, 2.05) is 6.92 Å². The lowest BCUT2D eigenvalue weighted by Crippen LogP contribution is -2.23. The van der Waals surface area contributed by atoms with Gasteiger partial charge in [0.25, 0.3) is 0 Å². The van der Waals surface area contributed by atoms with Crippen molar-refractivity contribution in [2.45, 2.75) is 19.8 Å². The van der Waals surface area contributed by atoms with E-state index in [1.165, 1.54) is 0 Å². The number of nitrogens with one attached hydrogen (secondary N) is 1. The smallest absolute Gasteiger partial charge is 0.232 e. The molecule has 0 unspecified atom stereocenters. The molecule has 0 saturated carbocycles. The highest BCUT2D eigenvalue weighted by atomic mass is 32.2. The van der Waals surface area contributed by atoms with Crippen molar-refractivity contribution in [3.8, 4) is 0 Å². The fourth-order valence-electron chi connectivity index (χ4n) is 0.467. The van der Waals surface area contributed by atoms with Crippen LogP contribution in [0.2, 0.25) is 0 Å². The summed E-state index contributed by atoms with van der Waals surface area (Å²) in [6.45, 7) is 1.94. The minimum Gasteiger partial charge on any atom is -0.280 e. The van der Waals surface area contributed by atoms with Crippen LogP contribution in [0.4, 0.5) is 0 Å². The molecule has 0 saturated heterocycles. The topological polar surface area (TPSA) is 46.2 Å². The van der Waals surface area contributed by atoms with E-state index in [0.29, 0.717) is 6.42 Å².